The Labute approximate surface area is 136 Å². The molecule has 3 fully saturated rings. The molecule has 0 unspecified atom stereocenters. The molecule has 3 aliphatic rings. The zero-order valence-electron chi connectivity index (χ0n) is 14.9. The third-order valence-corrected chi connectivity index (χ3v) is 8.10. The first-order valence-corrected chi connectivity index (χ1v) is 9.52. The summed E-state index contributed by atoms with van der Waals surface area (Å²) in [5.74, 6) is 3.19. The molecular formula is C20H34O2. The molecule has 0 aliphatic heterocycles. The van der Waals surface area contributed by atoms with Gasteiger partial charge >= 0.3 is 5.97 Å². The molecule has 0 bridgehead atoms. The van der Waals surface area contributed by atoms with Crippen LogP contribution in [-0.2, 0) is 4.79 Å². The van der Waals surface area contributed by atoms with Gasteiger partial charge in [0, 0.05) is 0 Å². The average molecular weight is 306 g/mol. The van der Waals surface area contributed by atoms with Gasteiger partial charge in [0.25, 0.3) is 0 Å². The molecule has 3 rings (SSSR count). The fraction of sp³-hybridized carbons (Fsp3) is 0.950. The first-order chi connectivity index (χ1) is 10.3. The maximum Gasteiger partial charge on any atom is 0.309 e. The lowest BCUT2D eigenvalue weighted by Gasteiger charge is -2.60. The van der Waals surface area contributed by atoms with Crippen molar-refractivity contribution in [3.63, 3.8) is 0 Å². The maximum atomic E-state index is 12.0. The molecule has 0 aromatic carbocycles. The summed E-state index contributed by atoms with van der Waals surface area (Å²) in [7, 11) is 0. The Balaban J connectivity index is 1.86. The van der Waals surface area contributed by atoms with Crippen LogP contribution in [0.2, 0.25) is 0 Å². The summed E-state index contributed by atoms with van der Waals surface area (Å²) in [6, 6.07) is 0. The van der Waals surface area contributed by atoms with Crippen LogP contribution in [-0.4, -0.2) is 11.1 Å². The second kappa shape index (κ2) is 5.53. The normalized spacial score (nSPS) is 48.6. The van der Waals surface area contributed by atoms with Crippen LogP contribution >= 0.6 is 0 Å². The molecule has 2 heteroatoms. The van der Waals surface area contributed by atoms with Crippen LogP contribution in [0.3, 0.4) is 0 Å². The lowest BCUT2D eigenvalue weighted by Crippen LogP contribution is -2.56. The van der Waals surface area contributed by atoms with Crippen LogP contribution in [0.25, 0.3) is 0 Å². The van der Waals surface area contributed by atoms with E-state index < -0.39 is 11.4 Å². The molecule has 3 aliphatic carbocycles. The summed E-state index contributed by atoms with van der Waals surface area (Å²) >= 11 is 0. The lowest BCUT2D eigenvalue weighted by molar-refractivity contribution is -0.173. The summed E-state index contributed by atoms with van der Waals surface area (Å²) in [5.41, 5.74) is -0.205. The Bertz CT molecular complexity index is 443. The van der Waals surface area contributed by atoms with Crippen LogP contribution in [0.15, 0.2) is 0 Å². The predicted octanol–water partition coefficient (Wildman–Crippen LogP) is 5.37. The van der Waals surface area contributed by atoms with Crippen molar-refractivity contribution >= 4 is 5.97 Å². The average Bonchev–Trinajstić information content (AvgIpc) is 2.46. The Morgan fingerprint density at radius 3 is 2.45 bits per heavy atom. The summed E-state index contributed by atoms with van der Waals surface area (Å²) in [5, 5.41) is 9.86. The van der Waals surface area contributed by atoms with E-state index in [2.05, 4.69) is 20.8 Å². The van der Waals surface area contributed by atoms with Gasteiger partial charge in [-0.05, 0) is 86.9 Å². The number of fused-ring (bicyclic) bond motifs is 3. The van der Waals surface area contributed by atoms with Crippen molar-refractivity contribution < 1.29 is 9.90 Å². The largest absolute Gasteiger partial charge is 0.481 e. The summed E-state index contributed by atoms with van der Waals surface area (Å²) in [6.07, 6.45) is 9.77. The van der Waals surface area contributed by atoms with E-state index in [1.54, 1.807) is 0 Å². The first-order valence-electron chi connectivity index (χ1n) is 9.52. The number of carboxylic acid groups (broad SMARTS) is 1. The van der Waals surface area contributed by atoms with Gasteiger partial charge in [-0.2, -0.15) is 0 Å². The van der Waals surface area contributed by atoms with Gasteiger partial charge in [-0.1, -0.05) is 27.2 Å². The van der Waals surface area contributed by atoms with E-state index in [9.17, 15) is 9.90 Å². The number of aliphatic carboxylic acids is 1. The van der Waals surface area contributed by atoms with Gasteiger partial charge in [-0.15, -0.1) is 0 Å². The predicted molar refractivity (Wildman–Crippen MR) is 89.6 cm³/mol. The minimum absolute atomic E-state index is 0.274. The molecule has 2 nitrogen and oxygen atoms in total. The van der Waals surface area contributed by atoms with E-state index in [1.165, 1.54) is 32.1 Å². The van der Waals surface area contributed by atoms with Gasteiger partial charge < -0.3 is 5.11 Å². The molecule has 22 heavy (non-hydrogen) atoms. The molecule has 0 radical (unpaired) electrons. The van der Waals surface area contributed by atoms with Crippen molar-refractivity contribution in [3.8, 4) is 0 Å². The number of hydrogen-bond acceptors (Lipinski definition) is 1. The highest BCUT2D eigenvalue weighted by molar-refractivity contribution is 5.75. The van der Waals surface area contributed by atoms with E-state index in [0.29, 0.717) is 5.92 Å². The minimum Gasteiger partial charge on any atom is -0.481 e. The second-order valence-electron chi connectivity index (χ2n) is 9.40. The molecule has 0 amide bonds. The first kappa shape index (κ1) is 16.3. The molecule has 0 aromatic heterocycles. The van der Waals surface area contributed by atoms with Gasteiger partial charge in [-0.25, -0.2) is 0 Å². The zero-order valence-corrected chi connectivity index (χ0v) is 14.9. The monoisotopic (exact) mass is 306 g/mol. The molecule has 1 N–H and O–H groups in total. The SMILES string of the molecule is CC(C)[C@@H]1CC[C@H]2[C@@H](CC[C@@H]3[C@]2(C)CCC[C@@]3(C)C(=O)O)C1. The number of rotatable bonds is 2. The maximum absolute atomic E-state index is 12.0. The Kier molecular flexibility index (Phi) is 4.10. The fourth-order valence-electron chi connectivity index (χ4n) is 6.73. The van der Waals surface area contributed by atoms with Crippen molar-refractivity contribution in [2.24, 2.45) is 40.4 Å². The molecule has 6 atom stereocenters. The van der Waals surface area contributed by atoms with Crippen molar-refractivity contribution in [3.05, 3.63) is 0 Å². The molecule has 0 saturated heterocycles. The van der Waals surface area contributed by atoms with Crippen LogP contribution in [0.1, 0.15) is 79.1 Å². The van der Waals surface area contributed by atoms with Gasteiger partial charge in [0.05, 0.1) is 5.41 Å². The Morgan fingerprint density at radius 1 is 1.09 bits per heavy atom. The summed E-state index contributed by atoms with van der Waals surface area (Å²) in [6.45, 7) is 9.24. The summed E-state index contributed by atoms with van der Waals surface area (Å²) in [4.78, 5) is 12.0. The highest BCUT2D eigenvalue weighted by atomic mass is 16.4. The Morgan fingerprint density at radius 2 is 1.82 bits per heavy atom. The highest BCUT2D eigenvalue weighted by Gasteiger charge is 2.59. The van der Waals surface area contributed by atoms with E-state index in [0.717, 1.165) is 42.9 Å². The lowest BCUT2D eigenvalue weighted by atomic mass is 9.43. The summed E-state index contributed by atoms with van der Waals surface area (Å²) < 4.78 is 0. The van der Waals surface area contributed by atoms with E-state index in [4.69, 9.17) is 0 Å². The number of hydrogen-bond donors (Lipinski definition) is 1. The fourth-order valence-corrected chi connectivity index (χ4v) is 6.73. The molecule has 0 spiro atoms. The van der Waals surface area contributed by atoms with Gasteiger partial charge in [-0.3, -0.25) is 4.79 Å². The van der Waals surface area contributed by atoms with Crippen molar-refractivity contribution in [2.75, 3.05) is 0 Å². The second-order valence-corrected chi connectivity index (χ2v) is 9.40. The van der Waals surface area contributed by atoms with Crippen LogP contribution in [0, 0.1) is 40.4 Å². The van der Waals surface area contributed by atoms with Crippen LogP contribution in [0.5, 0.6) is 0 Å². The molecule has 3 saturated carbocycles. The zero-order chi connectivity index (χ0) is 16.1. The van der Waals surface area contributed by atoms with Crippen molar-refractivity contribution in [1.29, 1.82) is 0 Å². The number of carbonyl (C=O) groups is 1. The van der Waals surface area contributed by atoms with E-state index in [1.807, 2.05) is 6.92 Å². The third-order valence-electron chi connectivity index (χ3n) is 8.10. The molecule has 0 heterocycles. The standard InChI is InChI=1S/C20H34O2/c1-13(2)14-6-8-16-15(12-14)7-9-17-19(16,3)10-5-11-20(17,4)18(21)22/h13-17H,5-12H2,1-4H3,(H,21,22)/t14-,15+,16+,17-,19-,20-/m1/s1. The molecule has 126 valence electrons. The van der Waals surface area contributed by atoms with Crippen molar-refractivity contribution in [1.82, 2.24) is 0 Å². The highest BCUT2D eigenvalue weighted by Crippen LogP contribution is 2.64. The quantitative estimate of drug-likeness (QED) is 0.745. The van der Waals surface area contributed by atoms with Crippen LogP contribution in [0.4, 0.5) is 0 Å². The third kappa shape index (κ3) is 2.32. The van der Waals surface area contributed by atoms with E-state index >= 15 is 0 Å². The molecule has 0 aromatic rings. The molecular weight excluding hydrogens is 272 g/mol. The Hall–Kier alpha value is -0.530. The minimum atomic E-state index is -0.544. The van der Waals surface area contributed by atoms with E-state index in [-0.39, 0.29) is 5.41 Å². The van der Waals surface area contributed by atoms with Gasteiger partial charge in [0.1, 0.15) is 0 Å². The van der Waals surface area contributed by atoms with Crippen LogP contribution < -0.4 is 0 Å². The van der Waals surface area contributed by atoms with Gasteiger partial charge in [0.15, 0.2) is 0 Å². The van der Waals surface area contributed by atoms with Gasteiger partial charge in [0.2, 0.25) is 0 Å². The number of carboxylic acids is 1. The topological polar surface area (TPSA) is 37.3 Å². The smallest absolute Gasteiger partial charge is 0.309 e. The van der Waals surface area contributed by atoms with Crippen molar-refractivity contribution in [2.45, 2.75) is 79.1 Å².